The van der Waals surface area contributed by atoms with Crippen molar-refractivity contribution in [2.45, 2.75) is 31.5 Å². The van der Waals surface area contributed by atoms with E-state index in [1.54, 1.807) is 0 Å². The second-order valence-electron chi connectivity index (χ2n) is 7.73. The highest BCUT2D eigenvalue weighted by molar-refractivity contribution is 7.99. The van der Waals surface area contributed by atoms with Gasteiger partial charge < -0.3 is 14.5 Å². The monoisotopic (exact) mass is 445 g/mol. The molecule has 0 fully saturated rings. The Hall–Kier alpha value is -3.32. The number of hydrogen-bond donors (Lipinski definition) is 1. The molecular weight excluding hydrogens is 418 g/mol. The average Bonchev–Trinajstić information content (AvgIpc) is 3.39. The molecule has 0 spiro atoms. The summed E-state index contributed by atoms with van der Waals surface area (Å²) >= 11 is 1.42. The van der Waals surface area contributed by atoms with Crippen molar-refractivity contribution >= 4 is 23.4 Å². The highest BCUT2D eigenvalue weighted by Gasteiger charge is 2.16. The van der Waals surface area contributed by atoms with Crippen LogP contribution in [-0.4, -0.2) is 31.0 Å². The second-order valence-corrected chi connectivity index (χ2v) is 8.67. The topological polar surface area (TPSA) is 64.7 Å². The Morgan fingerprint density at radius 1 is 1.00 bits per heavy atom. The first-order valence-electron chi connectivity index (χ1n) is 10.6. The first-order chi connectivity index (χ1) is 15.6. The maximum Gasteiger partial charge on any atom is 0.234 e. The normalized spacial score (nSPS) is 10.9. The molecule has 4 aromatic rings. The molecule has 0 aliphatic rings. The largest absolute Gasteiger partial charge is 0.354 e. The summed E-state index contributed by atoms with van der Waals surface area (Å²) in [4.78, 5) is 12.5. The van der Waals surface area contributed by atoms with Crippen LogP contribution < -0.4 is 5.32 Å². The van der Waals surface area contributed by atoms with Crippen molar-refractivity contribution in [2.24, 2.45) is 7.05 Å². The molecule has 7 heteroatoms. The number of nitrogens with zero attached hydrogens (tertiary/aromatic N) is 4. The number of anilines is 1. The molecule has 4 rings (SSSR count). The molecule has 0 radical (unpaired) electrons. The zero-order chi connectivity index (χ0) is 22.3. The van der Waals surface area contributed by atoms with Gasteiger partial charge in [-0.25, -0.2) is 0 Å². The Morgan fingerprint density at radius 3 is 2.53 bits per heavy atom. The molecule has 164 valence electrons. The number of benzene rings is 2. The van der Waals surface area contributed by atoms with Crippen LogP contribution in [0.5, 0.6) is 0 Å². The lowest BCUT2D eigenvalue weighted by atomic mass is 10.1. The van der Waals surface area contributed by atoms with Gasteiger partial charge in [0.2, 0.25) is 5.91 Å². The molecule has 2 aromatic heterocycles. The number of carbonyl (C=O) groups is 1. The lowest BCUT2D eigenvalue weighted by molar-refractivity contribution is -0.113. The van der Waals surface area contributed by atoms with Crippen LogP contribution in [0, 0.1) is 6.92 Å². The Morgan fingerprint density at radius 2 is 1.78 bits per heavy atom. The predicted molar refractivity (Wildman–Crippen MR) is 129 cm³/mol. The fraction of sp³-hybridized carbons (Fsp3) is 0.240. The van der Waals surface area contributed by atoms with E-state index in [0.717, 1.165) is 35.2 Å². The number of carbonyl (C=O) groups excluding carboxylic acids is 1. The van der Waals surface area contributed by atoms with E-state index in [4.69, 9.17) is 0 Å². The second kappa shape index (κ2) is 10.3. The van der Waals surface area contributed by atoms with Crippen molar-refractivity contribution in [1.29, 1.82) is 0 Å². The number of nitrogens with one attached hydrogen (secondary N) is 1. The lowest BCUT2D eigenvalue weighted by Crippen LogP contribution is -2.16. The van der Waals surface area contributed by atoms with Crippen LogP contribution >= 0.6 is 11.8 Å². The minimum Gasteiger partial charge on any atom is -0.354 e. The summed E-state index contributed by atoms with van der Waals surface area (Å²) in [5.41, 5.74) is 4.32. The van der Waals surface area contributed by atoms with Gasteiger partial charge in [-0.2, -0.15) is 0 Å². The Labute approximate surface area is 192 Å². The van der Waals surface area contributed by atoms with Crippen molar-refractivity contribution in [2.75, 3.05) is 11.1 Å². The van der Waals surface area contributed by atoms with Gasteiger partial charge in [0.1, 0.15) is 5.82 Å². The van der Waals surface area contributed by atoms with Gasteiger partial charge >= 0.3 is 0 Å². The third-order valence-corrected chi connectivity index (χ3v) is 6.37. The van der Waals surface area contributed by atoms with Crippen molar-refractivity contribution in [1.82, 2.24) is 19.3 Å². The summed E-state index contributed by atoms with van der Waals surface area (Å²) in [6.45, 7) is 2.75. The summed E-state index contributed by atoms with van der Waals surface area (Å²) in [6, 6.07) is 22.3. The van der Waals surface area contributed by atoms with Gasteiger partial charge in [-0.3, -0.25) is 4.79 Å². The van der Waals surface area contributed by atoms with Gasteiger partial charge in [-0.15, -0.1) is 10.2 Å². The molecule has 0 saturated heterocycles. The Kier molecular flexibility index (Phi) is 7.07. The van der Waals surface area contributed by atoms with Crippen molar-refractivity contribution in [3.05, 3.63) is 95.6 Å². The van der Waals surface area contributed by atoms with Gasteiger partial charge in [0.05, 0.1) is 5.75 Å². The zero-order valence-corrected chi connectivity index (χ0v) is 19.2. The quantitative estimate of drug-likeness (QED) is 0.386. The molecule has 0 saturated carbocycles. The van der Waals surface area contributed by atoms with Gasteiger partial charge in [0, 0.05) is 37.6 Å². The van der Waals surface area contributed by atoms with E-state index in [2.05, 4.69) is 55.0 Å². The molecule has 0 atom stereocenters. The van der Waals surface area contributed by atoms with Gasteiger partial charge in [0.25, 0.3) is 0 Å². The number of hydrogen-bond acceptors (Lipinski definition) is 4. The maximum absolute atomic E-state index is 12.5. The zero-order valence-electron chi connectivity index (χ0n) is 18.4. The fourth-order valence-electron chi connectivity index (χ4n) is 3.54. The highest BCUT2D eigenvalue weighted by Crippen LogP contribution is 2.21. The van der Waals surface area contributed by atoms with Crippen LogP contribution in [0.1, 0.15) is 22.6 Å². The van der Waals surface area contributed by atoms with E-state index in [0.29, 0.717) is 6.42 Å². The van der Waals surface area contributed by atoms with E-state index in [9.17, 15) is 4.79 Å². The smallest absolute Gasteiger partial charge is 0.234 e. The van der Waals surface area contributed by atoms with Gasteiger partial charge in [0.15, 0.2) is 5.16 Å². The molecule has 0 aliphatic heterocycles. The van der Waals surface area contributed by atoms with E-state index in [-0.39, 0.29) is 11.7 Å². The molecular formula is C25H27N5OS. The summed E-state index contributed by atoms with van der Waals surface area (Å²) in [7, 11) is 2.03. The first kappa shape index (κ1) is 21.9. The minimum absolute atomic E-state index is 0.0501. The fourth-order valence-corrected chi connectivity index (χ4v) is 4.32. The van der Waals surface area contributed by atoms with Gasteiger partial charge in [-0.1, -0.05) is 60.3 Å². The van der Waals surface area contributed by atoms with Crippen LogP contribution in [0.15, 0.2) is 78.1 Å². The molecule has 0 bridgehead atoms. The summed E-state index contributed by atoms with van der Waals surface area (Å²) in [5.74, 6) is 1.14. The molecule has 2 aromatic carbocycles. The van der Waals surface area contributed by atoms with Crippen LogP contribution in [0.3, 0.4) is 0 Å². The molecule has 1 N–H and O–H groups in total. The predicted octanol–water partition coefficient (Wildman–Crippen LogP) is 4.49. The van der Waals surface area contributed by atoms with E-state index < -0.39 is 0 Å². The van der Waals surface area contributed by atoms with Crippen LogP contribution in [-0.2, 0) is 31.2 Å². The summed E-state index contributed by atoms with van der Waals surface area (Å²) in [5, 5.41) is 12.6. The number of amides is 1. The Balaban J connectivity index is 1.48. The molecule has 2 heterocycles. The number of para-hydroxylation sites is 1. The SMILES string of the molecule is Cc1ccccc1NC(=O)CSc1nnc(Cc2cccn2C)n1CCc1ccccc1. The standard InChI is InChI=1S/C25H27N5OS/c1-19-9-6-7-13-22(19)26-24(31)18-32-25-28-27-23(17-21-12-8-15-29(21)2)30(25)16-14-20-10-4-3-5-11-20/h3-13,15H,14,16-18H2,1-2H3,(H,26,31). The van der Waals surface area contributed by atoms with Crippen LogP contribution in [0.4, 0.5) is 5.69 Å². The van der Waals surface area contributed by atoms with E-state index >= 15 is 0 Å². The molecule has 6 nitrogen and oxygen atoms in total. The van der Waals surface area contributed by atoms with E-state index in [1.165, 1.54) is 23.0 Å². The van der Waals surface area contributed by atoms with Gasteiger partial charge in [-0.05, 0) is 42.7 Å². The van der Waals surface area contributed by atoms with E-state index in [1.807, 2.05) is 56.6 Å². The lowest BCUT2D eigenvalue weighted by Gasteiger charge is -2.11. The van der Waals surface area contributed by atoms with Crippen molar-refractivity contribution in [3.8, 4) is 0 Å². The third kappa shape index (κ3) is 5.48. The maximum atomic E-state index is 12.5. The molecule has 0 aliphatic carbocycles. The molecule has 1 amide bonds. The number of rotatable bonds is 9. The first-order valence-corrected chi connectivity index (χ1v) is 11.6. The average molecular weight is 446 g/mol. The highest BCUT2D eigenvalue weighted by atomic mass is 32.2. The Bertz CT molecular complexity index is 1180. The molecule has 0 unspecified atom stereocenters. The minimum atomic E-state index is -0.0501. The molecule has 32 heavy (non-hydrogen) atoms. The van der Waals surface area contributed by atoms with Crippen molar-refractivity contribution in [3.63, 3.8) is 0 Å². The number of aromatic nitrogens is 4. The van der Waals surface area contributed by atoms with Crippen LogP contribution in [0.25, 0.3) is 0 Å². The summed E-state index contributed by atoms with van der Waals surface area (Å²) < 4.78 is 4.24. The number of thioether (sulfide) groups is 1. The van der Waals surface area contributed by atoms with Crippen LogP contribution in [0.2, 0.25) is 0 Å². The number of aryl methyl sites for hydroxylation is 3. The third-order valence-electron chi connectivity index (χ3n) is 5.40. The van der Waals surface area contributed by atoms with Crippen molar-refractivity contribution < 1.29 is 4.79 Å². The summed E-state index contributed by atoms with van der Waals surface area (Å²) in [6.07, 6.45) is 3.61.